The first-order valence-corrected chi connectivity index (χ1v) is 5.44. The van der Waals surface area contributed by atoms with E-state index >= 15 is 0 Å². The van der Waals surface area contributed by atoms with E-state index in [4.69, 9.17) is 10.8 Å². The van der Waals surface area contributed by atoms with Crippen LogP contribution < -0.4 is 10.5 Å². The molecule has 1 atom stereocenters. The van der Waals surface area contributed by atoms with Crippen LogP contribution in [0.25, 0.3) is 0 Å². The molecule has 1 unspecified atom stereocenters. The predicted molar refractivity (Wildman–Crippen MR) is 61.6 cm³/mol. The molecule has 0 radical (unpaired) electrons. The Balaban J connectivity index is 2.80. The highest BCUT2D eigenvalue weighted by Crippen LogP contribution is 2.26. The Morgan fingerprint density at radius 1 is 1.32 bits per heavy atom. The van der Waals surface area contributed by atoms with E-state index in [0.717, 1.165) is 12.1 Å². The highest BCUT2D eigenvalue weighted by atomic mass is 19.4. The molecule has 106 valence electrons. The summed E-state index contributed by atoms with van der Waals surface area (Å²) < 4.78 is 39.6. The van der Waals surface area contributed by atoms with Gasteiger partial charge in [-0.15, -0.1) is 13.2 Å². The van der Waals surface area contributed by atoms with Gasteiger partial charge in [0, 0.05) is 6.54 Å². The summed E-state index contributed by atoms with van der Waals surface area (Å²) in [5.74, 6) is -1.40. The SMILES string of the molecule is CC(CN)(Cc1ccc(OC(F)(F)F)cc1)C(=O)O. The Kier molecular flexibility index (Phi) is 4.41. The molecule has 0 aliphatic carbocycles. The Bertz CT molecular complexity index is 445. The number of hydrogen-bond donors (Lipinski definition) is 2. The number of carbonyl (C=O) groups is 1. The monoisotopic (exact) mass is 277 g/mol. The van der Waals surface area contributed by atoms with Crippen molar-refractivity contribution < 1.29 is 27.8 Å². The van der Waals surface area contributed by atoms with E-state index in [2.05, 4.69) is 4.74 Å². The number of halogens is 3. The largest absolute Gasteiger partial charge is 0.573 e. The van der Waals surface area contributed by atoms with Crippen LogP contribution in [0.5, 0.6) is 5.75 Å². The third kappa shape index (κ3) is 4.44. The Morgan fingerprint density at radius 2 is 1.84 bits per heavy atom. The van der Waals surface area contributed by atoms with Crippen molar-refractivity contribution in [1.82, 2.24) is 0 Å². The highest BCUT2D eigenvalue weighted by Gasteiger charge is 2.33. The molecule has 0 saturated heterocycles. The maximum Gasteiger partial charge on any atom is 0.573 e. The average molecular weight is 277 g/mol. The smallest absolute Gasteiger partial charge is 0.481 e. The lowest BCUT2D eigenvalue weighted by molar-refractivity contribution is -0.274. The van der Waals surface area contributed by atoms with Gasteiger partial charge in [0.15, 0.2) is 0 Å². The number of aliphatic carboxylic acids is 1. The molecule has 0 aliphatic rings. The first-order valence-electron chi connectivity index (χ1n) is 5.44. The van der Waals surface area contributed by atoms with Crippen molar-refractivity contribution in [3.05, 3.63) is 29.8 Å². The standard InChI is InChI=1S/C12H14F3NO3/c1-11(7-16,10(17)18)6-8-2-4-9(5-3-8)19-12(13,14)15/h2-5H,6-7,16H2,1H3,(H,17,18). The second kappa shape index (κ2) is 5.48. The van der Waals surface area contributed by atoms with E-state index in [0.29, 0.717) is 5.56 Å². The number of carboxylic acids is 1. The van der Waals surface area contributed by atoms with Crippen LogP contribution in [0.2, 0.25) is 0 Å². The quantitative estimate of drug-likeness (QED) is 0.865. The molecule has 0 bridgehead atoms. The van der Waals surface area contributed by atoms with Gasteiger partial charge in [0.1, 0.15) is 5.75 Å². The van der Waals surface area contributed by atoms with Gasteiger partial charge in [0.2, 0.25) is 0 Å². The number of nitrogens with two attached hydrogens (primary N) is 1. The summed E-state index contributed by atoms with van der Waals surface area (Å²) in [7, 11) is 0. The van der Waals surface area contributed by atoms with Crippen molar-refractivity contribution in [2.24, 2.45) is 11.1 Å². The average Bonchev–Trinajstić information content (AvgIpc) is 2.29. The summed E-state index contributed by atoms with van der Waals surface area (Å²) in [6.45, 7) is 1.42. The summed E-state index contributed by atoms with van der Waals surface area (Å²) in [5, 5.41) is 9.05. The van der Waals surface area contributed by atoms with Gasteiger partial charge in [-0.2, -0.15) is 0 Å². The Morgan fingerprint density at radius 3 is 2.21 bits per heavy atom. The molecule has 0 saturated carbocycles. The molecule has 1 rings (SSSR count). The summed E-state index contributed by atoms with van der Waals surface area (Å²) in [6, 6.07) is 5.05. The molecule has 0 spiro atoms. The Labute approximate surface area is 108 Å². The van der Waals surface area contributed by atoms with Crippen LogP contribution in [0.15, 0.2) is 24.3 Å². The molecule has 0 fully saturated rings. The highest BCUT2D eigenvalue weighted by molar-refractivity contribution is 5.74. The summed E-state index contributed by atoms with van der Waals surface area (Å²) in [6.07, 6.45) is -4.61. The first kappa shape index (κ1) is 15.3. The fourth-order valence-corrected chi connectivity index (χ4v) is 1.49. The number of benzene rings is 1. The summed E-state index contributed by atoms with van der Waals surface area (Å²) >= 11 is 0. The fraction of sp³-hybridized carbons (Fsp3) is 0.417. The number of ether oxygens (including phenoxy) is 1. The van der Waals surface area contributed by atoms with Crippen molar-refractivity contribution >= 4 is 5.97 Å². The van der Waals surface area contributed by atoms with E-state index in [1.165, 1.54) is 19.1 Å². The maximum absolute atomic E-state index is 12.0. The van der Waals surface area contributed by atoms with E-state index in [-0.39, 0.29) is 18.7 Å². The zero-order chi connectivity index (χ0) is 14.7. The molecule has 0 heterocycles. The number of carboxylic acid groups (broad SMARTS) is 1. The van der Waals surface area contributed by atoms with Crippen LogP contribution in [0.3, 0.4) is 0 Å². The maximum atomic E-state index is 12.0. The van der Waals surface area contributed by atoms with Crippen molar-refractivity contribution in [3.8, 4) is 5.75 Å². The number of rotatable bonds is 5. The van der Waals surface area contributed by atoms with Crippen LogP contribution in [-0.4, -0.2) is 24.0 Å². The molecule has 19 heavy (non-hydrogen) atoms. The molecule has 4 nitrogen and oxygen atoms in total. The molecular formula is C12H14F3NO3. The topological polar surface area (TPSA) is 72.5 Å². The molecule has 7 heteroatoms. The minimum atomic E-state index is -4.74. The van der Waals surface area contributed by atoms with E-state index in [9.17, 15) is 18.0 Å². The fourth-order valence-electron chi connectivity index (χ4n) is 1.49. The molecule has 1 aromatic rings. The zero-order valence-electron chi connectivity index (χ0n) is 10.2. The summed E-state index contributed by atoms with van der Waals surface area (Å²) in [5.41, 5.74) is 4.84. The lowest BCUT2D eigenvalue weighted by Crippen LogP contribution is -2.37. The predicted octanol–water partition coefficient (Wildman–Crippen LogP) is 2.18. The minimum absolute atomic E-state index is 0.0663. The zero-order valence-corrected chi connectivity index (χ0v) is 10.2. The minimum Gasteiger partial charge on any atom is -0.481 e. The second-order valence-corrected chi connectivity index (χ2v) is 4.44. The van der Waals surface area contributed by atoms with Gasteiger partial charge in [-0.25, -0.2) is 0 Å². The summed E-state index contributed by atoms with van der Waals surface area (Å²) in [4.78, 5) is 11.1. The second-order valence-electron chi connectivity index (χ2n) is 4.44. The third-order valence-electron chi connectivity index (χ3n) is 2.72. The van der Waals surface area contributed by atoms with Crippen LogP contribution in [0, 0.1) is 5.41 Å². The van der Waals surface area contributed by atoms with E-state index < -0.39 is 17.7 Å². The third-order valence-corrected chi connectivity index (χ3v) is 2.72. The molecule has 0 amide bonds. The molecular weight excluding hydrogens is 263 g/mol. The van der Waals surface area contributed by atoms with E-state index in [1.807, 2.05) is 0 Å². The molecule has 3 N–H and O–H groups in total. The van der Waals surface area contributed by atoms with Crippen LogP contribution in [-0.2, 0) is 11.2 Å². The molecule has 1 aromatic carbocycles. The molecule has 0 aromatic heterocycles. The van der Waals surface area contributed by atoms with Crippen LogP contribution in [0.4, 0.5) is 13.2 Å². The van der Waals surface area contributed by atoms with Gasteiger partial charge in [-0.1, -0.05) is 12.1 Å². The lowest BCUT2D eigenvalue weighted by atomic mass is 9.84. The van der Waals surface area contributed by atoms with Crippen molar-refractivity contribution in [2.45, 2.75) is 19.7 Å². The number of hydrogen-bond acceptors (Lipinski definition) is 3. The van der Waals surface area contributed by atoms with Gasteiger partial charge in [0.25, 0.3) is 0 Å². The van der Waals surface area contributed by atoms with Gasteiger partial charge < -0.3 is 15.6 Å². The van der Waals surface area contributed by atoms with Crippen LogP contribution >= 0.6 is 0 Å². The van der Waals surface area contributed by atoms with Gasteiger partial charge in [0.05, 0.1) is 5.41 Å². The van der Waals surface area contributed by atoms with Gasteiger partial charge in [-0.3, -0.25) is 4.79 Å². The van der Waals surface area contributed by atoms with Gasteiger partial charge in [-0.05, 0) is 31.0 Å². The Hall–Kier alpha value is -1.76. The number of alkyl halides is 3. The van der Waals surface area contributed by atoms with Crippen LogP contribution in [0.1, 0.15) is 12.5 Å². The van der Waals surface area contributed by atoms with Crippen molar-refractivity contribution in [2.75, 3.05) is 6.54 Å². The van der Waals surface area contributed by atoms with Crippen molar-refractivity contribution in [1.29, 1.82) is 0 Å². The van der Waals surface area contributed by atoms with Crippen molar-refractivity contribution in [3.63, 3.8) is 0 Å². The normalized spacial score (nSPS) is 14.8. The lowest BCUT2D eigenvalue weighted by Gasteiger charge is -2.22. The molecule has 0 aliphatic heterocycles. The first-order chi connectivity index (χ1) is 8.66. The van der Waals surface area contributed by atoms with E-state index in [1.54, 1.807) is 0 Å². The van der Waals surface area contributed by atoms with Gasteiger partial charge >= 0.3 is 12.3 Å².